The number of rotatable bonds is 7. The van der Waals surface area contributed by atoms with E-state index >= 15 is 0 Å². The highest BCUT2D eigenvalue weighted by molar-refractivity contribution is 7.86. The van der Waals surface area contributed by atoms with Crippen LogP contribution in [0.25, 0.3) is 11.3 Å². The van der Waals surface area contributed by atoms with Gasteiger partial charge in [-0.15, -0.1) is 0 Å². The minimum atomic E-state index is -4.59. The molecule has 0 fully saturated rings. The summed E-state index contributed by atoms with van der Waals surface area (Å²) in [5, 5.41) is -1.24. The number of unbranched alkanes of at least 4 members (excludes halogenated alkanes) is 1. The smallest absolute Gasteiger partial charge is 0.151 e. The Morgan fingerprint density at radius 1 is 1.03 bits per heavy atom. The summed E-state index contributed by atoms with van der Waals surface area (Å²) in [6, 6.07) is 16.8. The maximum absolute atomic E-state index is 12.2. The summed E-state index contributed by atoms with van der Waals surface area (Å²) in [4.78, 5) is 6.19. The summed E-state index contributed by atoms with van der Waals surface area (Å²) in [5.41, 5.74) is 3.96. The summed E-state index contributed by atoms with van der Waals surface area (Å²) in [6.45, 7) is 3.85. The SMILES string of the molecule is CCCCc1cccnc1-c1ccc2c(c1)N(C(CC)S(=O)(=O)[O-])c1ccccc1O2. The van der Waals surface area contributed by atoms with Gasteiger partial charge in [0.2, 0.25) is 0 Å². The van der Waals surface area contributed by atoms with Crippen LogP contribution in [-0.4, -0.2) is 23.3 Å². The molecule has 4 rings (SSSR count). The van der Waals surface area contributed by atoms with Crippen LogP contribution in [0.3, 0.4) is 0 Å². The molecule has 2 aromatic carbocycles. The molecule has 6 nitrogen and oxygen atoms in total. The van der Waals surface area contributed by atoms with E-state index in [0.29, 0.717) is 22.9 Å². The Kier molecular flexibility index (Phi) is 5.98. The van der Waals surface area contributed by atoms with E-state index < -0.39 is 15.5 Å². The Balaban J connectivity index is 1.88. The molecule has 1 unspecified atom stereocenters. The molecule has 0 aliphatic carbocycles. The summed E-state index contributed by atoms with van der Waals surface area (Å²) >= 11 is 0. The number of hydrogen-bond acceptors (Lipinski definition) is 6. The van der Waals surface area contributed by atoms with Gasteiger partial charge in [0.1, 0.15) is 15.5 Å². The number of aryl methyl sites for hydroxylation is 1. The normalized spacial score (nSPS) is 13.8. The summed E-state index contributed by atoms with van der Waals surface area (Å²) in [5.74, 6) is 1.03. The molecule has 2 heterocycles. The first-order valence-electron chi connectivity index (χ1n) is 10.5. The van der Waals surface area contributed by atoms with Gasteiger partial charge in [-0.1, -0.05) is 38.5 Å². The molecule has 0 saturated carbocycles. The third kappa shape index (κ3) is 4.16. The summed E-state index contributed by atoms with van der Waals surface area (Å²) < 4.78 is 42.5. The second kappa shape index (κ2) is 8.69. The lowest BCUT2D eigenvalue weighted by atomic mass is 10.00. The van der Waals surface area contributed by atoms with Crippen LogP contribution in [0.5, 0.6) is 11.5 Å². The number of anilines is 2. The molecule has 31 heavy (non-hydrogen) atoms. The zero-order chi connectivity index (χ0) is 22.0. The molecular formula is C24H25N2O4S-. The van der Waals surface area contributed by atoms with Crippen molar-refractivity contribution in [2.24, 2.45) is 0 Å². The van der Waals surface area contributed by atoms with Crippen molar-refractivity contribution in [1.29, 1.82) is 0 Å². The molecular weight excluding hydrogens is 412 g/mol. The first kappa shape index (κ1) is 21.3. The van der Waals surface area contributed by atoms with E-state index in [1.165, 1.54) is 0 Å². The molecule has 1 aromatic heterocycles. The molecule has 0 spiro atoms. The number of para-hydroxylation sites is 2. The van der Waals surface area contributed by atoms with Gasteiger partial charge < -0.3 is 14.2 Å². The Morgan fingerprint density at radius 2 is 1.81 bits per heavy atom. The lowest BCUT2D eigenvalue weighted by Gasteiger charge is -2.39. The lowest BCUT2D eigenvalue weighted by Crippen LogP contribution is -2.38. The molecule has 0 bridgehead atoms. The van der Waals surface area contributed by atoms with Crippen LogP contribution >= 0.6 is 0 Å². The zero-order valence-corrected chi connectivity index (χ0v) is 18.4. The highest BCUT2D eigenvalue weighted by atomic mass is 32.2. The number of ether oxygens (including phenoxy) is 1. The minimum absolute atomic E-state index is 0.148. The van der Waals surface area contributed by atoms with Crippen LogP contribution in [-0.2, 0) is 16.5 Å². The first-order chi connectivity index (χ1) is 14.9. The third-order valence-electron chi connectivity index (χ3n) is 5.50. The highest BCUT2D eigenvalue weighted by Crippen LogP contribution is 2.49. The molecule has 7 heteroatoms. The maximum Gasteiger partial charge on any atom is 0.151 e. The molecule has 162 valence electrons. The number of pyridine rings is 1. The fraction of sp³-hybridized carbons (Fsp3) is 0.292. The van der Waals surface area contributed by atoms with Gasteiger partial charge >= 0.3 is 0 Å². The van der Waals surface area contributed by atoms with Crippen LogP contribution in [0, 0.1) is 0 Å². The van der Waals surface area contributed by atoms with Gasteiger partial charge in [-0.2, -0.15) is 0 Å². The number of aromatic nitrogens is 1. The zero-order valence-electron chi connectivity index (χ0n) is 17.6. The number of nitrogens with zero attached hydrogens (tertiary/aromatic N) is 2. The standard InChI is InChI=1S/C24H26N2O4S/c1-3-5-9-17-10-8-15-25-24(17)18-13-14-22-20(16-18)26(23(4-2)31(27,28)29)19-11-6-7-12-21(19)30-22/h6-8,10-16,23H,3-5,9H2,1-2H3,(H,27,28,29)/p-1. The average molecular weight is 438 g/mol. The Hall–Kier alpha value is -2.90. The van der Waals surface area contributed by atoms with Gasteiger partial charge in [-0.3, -0.25) is 4.98 Å². The van der Waals surface area contributed by atoms with Crippen molar-refractivity contribution >= 4 is 21.5 Å². The van der Waals surface area contributed by atoms with Crippen molar-refractivity contribution in [3.63, 3.8) is 0 Å². The Morgan fingerprint density at radius 3 is 2.55 bits per heavy atom. The van der Waals surface area contributed by atoms with Gasteiger partial charge in [0.15, 0.2) is 11.5 Å². The molecule has 0 saturated heterocycles. The highest BCUT2D eigenvalue weighted by Gasteiger charge is 2.33. The fourth-order valence-corrected chi connectivity index (χ4v) is 4.92. The van der Waals surface area contributed by atoms with Gasteiger partial charge in [-0.25, -0.2) is 8.42 Å². The largest absolute Gasteiger partial charge is 0.746 e. The molecule has 0 radical (unpaired) electrons. The monoisotopic (exact) mass is 437 g/mol. The van der Waals surface area contributed by atoms with Crippen LogP contribution in [0.15, 0.2) is 60.8 Å². The van der Waals surface area contributed by atoms with E-state index in [0.717, 1.165) is 36.1 Å². The minimum Gasteiger partial charge on any atom is -0.746 e. The van der Waals surface area contributed by atoms with E-state index in [1.807, 2.05) is 30.3 Å². The Labute approximate surface area is 183 Å². The van der Waals surface area contributed by atoms with Gasteiger partial charge in [-0.05, 0) is 61.2 Å². The summed E-state index contributed by atoms with van der Waals surface area (Å²) in [7, 11) is -4.59. The molecule has 3 aromatic rings. The average Bonchev–Trinajstić information content (AvgIpc) is 2.76. The van der Waals surface area contributed by atoms with E-state index in [4.69, 9.17) is 4.74 Å². The van der Waals surface area contributed by atoms with Crippen LogP contribution in [0.4, 0.5) is 11.4 Å². The first-order valence-corrected chi connectivity index (χ1v) is 12.0. The van der Waals surface area contributed by atoms with E-state index in [1.54, 1.807) is 36.2 Å². The van der Waals surface area contributed by atoms with E-state index in [-0.39, 0.29) is 6.42 Å². The second-order valence-corrected chi connectivity index (χ2v) is 9.12. The van der Waals surface area contributed by atoms with Crippen LogP contribution in [0.1, 0.15) is 38.7 Å². The van der Waals surface area contributed by atoms with E-state index in [2.05, 4.69) is 18.0 Å². The number of fused-ring (bicyclic) bond motifs is 2. The summed E-state index contributed by atoms with van der Waals surface area (Å²) in [6.07, 6.45) is 4.95. The lowest BCUT2D eigenvalue weighted by molar-refractivity contribution is 0.438. The molecule has 0 N–H and O–H groups in total. The number of hydrogen-bond donors (Lipinski definition) is 0. The Bertz CT molecular complexity index is 1190. The van der Waals surface area contributed by atoms with Crippen molar-refractivity contribution in [3.05, 3.63) is 66.4 Å². The van der Waals surface area contributed by atoms with E-state index in [9.17, 15) is 13.0 Å². The second-order valence-electron chi connectivity index (χ2n) is 7.59. The van der Waals surface area contributed by atoms with Gasteiger partial charge in [0.25, 0.3) is 0 Å². The molecule has 1 aliphatic rings. The van der Waals surface area contributed by atoms with Crippen molar-refractivity contribution in [2.45, 2.75) is 44.9 Å². The van der Waals surface area contributed by atoms with Gasteiger partial charge in [0.05, 0.1) is 17.1 Å². The predicted octanol–water partition coefficient (Wildman–Crippen LogP) is 5.62. The van der Waals surface area contributed by atoms with Crippen LogP contribution in [0.2, 0.25) is 0 Å². The maximum atomic E-state index is 12.2. The number of benzene rings is 2. The molecule has 1 atom stereocenters. The van der Waals surface area contributed by atoms with Crippen molar-refractivity contribution < 1.29 is 17.7 Å². The van der Waals surface area contributed by atoms with Gasteiger partial charge in [0, 0.05) is 11.8 Å². The topological polar surface area (TPSA) is 82.6 Å². The third-order valence-corrected chi connectivity index (χ3v) is 6.71. The molecule has 0 amide bonds. The van der Waals surface area contributed by atoms with Crippen molar-refractivity contribution in [1.82, 2.24) is 4.98 Å². The molecule has 1 aliphatic heterocycles. The van der Waals surface area contributed by atoms with Crippen LogP contribution < -0.4 is 9.64 Å². The van der Waals surface area contributed by atoms with Crippen molar-refractivity contribution in [3.8, 4) is 22.8 Å². The van der Waals surface area contributed by atoms with Crippen molar-refractivity contribution in [2.75, 3.05) is 4.90 Å². The predicted molar refractivity (Wildman–Crippen MR) is 121 cm³/mol. The fourth-order valence-electron chi connectivity index (χ4n) is 4.02. The quantitative estimate of drug-likeness (QED) is 0.446.